The van der Waals surface area contributed by atoms with Crippen molar-refractivity contribution in [3.05, 3.63) is 64.2 Å². The molecule has 0 radical (unpaired) electrons. The third-order valence-corrected chi connectivity index (χ3v) is 6.73. The summed E-state index contributed by atoms with van der Waals surface area (Å²) in [7, 11) is 0. The molecule has 3 heterocycles. The summed E-state index contributed by atoms with van der Waals surface area (Å²) in [5.74, 6) is 1.10. The Labute approximate surface area is 202 Å². The minimum atomic E-state index is -0.563. The number of thioether (sulfide) groups is 1. The van der Waals surface area contributed by atoms with Crippen molar-refractivity contribution in [2.45, 2.75) is 40.2 Å². The van der Waals surface area contributed by atoms with Gasteiger partial charge in [0.15, 0.2) is 0 Å². The molecule has 10 heteroatoms. The van der Waals surface area contributed by atoms with Gasteiger partial charge in [0.1, 0.15) is 6.04 Å². The number of carbonyl (C=O) groups is 2. The van der Waals surface area contributed by atoms with Crippen LogP contribution in [0.2, 0.25) is 0 Å². The monoisotopic (exact) mass is 475 g/mol. The van der Waals surface area contributed by atoms with Gasteiger partial charge in [-0.05, 0) is 58.0 Å². The molecule has 0 aliphatic carbocycles. The summed E-state index contributed by atoms with van der Waals surface area (Å²) in [5.41, 5.74) is 5.16. The third kappa shape index (κ3) is 4.79. The number of rotatable bonds is 5. The van der Waals surface area contributed by atoms with Crippen LogP contribution in [0.15, 0.2) is 30.3 Å². The Morgan fingerprint density at radius 3 is 2.47 bits per heavy atom. The fraction of sp³-hybridized carbons (Fsp3) is 0.333. The van der Waals surface area contributed by atoms with Gasteiger partial charge in [0.05, 0.1) is 29.6 Å². The molecule has 1 aliphatic rings. The SMILES string of the molecule is Cc1cc(C)nc(-n2nc(C)c(CC(=O)N3CSCC3C(=O)Nc3ccc(C#N)cc3)c2C)n1. The lowest BCUT2D eigenvalue weighted by atomic mass is 10.1. The molecule has 1 atom stereocenters. The van der Waals surface area contributed by atoms with Crippen molar-refractivity contribution < 1.29 is 9.59 Å². The van der Waals surface area contributed by atoms with E-state index in [9.17, 15) is 9.59 Å². The number of aromatic nitrogens is 4. The number of nitrogens with zero attached hydrogens (tertiary/aromatic N) is 6. The minimum absolute atomic E-state index is 0.128. The van der Waals surface area contributed by atoms with Gasteiger partial charge in [0.25, 0.3) is 5.95 Å². The summed E-state index contributed by atoms with van der Waals surface area (Å²) in [6.45, 7) is 7.57. The first kappa shape index (κ1) is 23.4. The second kappa shape index (κ2) is 9.65. The number of nitriles is 1. The van der Waals surface area contributed by atoms with Crippen molar-refractivity contribution in [1.82, 2.24) is 24.6 Å². The average Bonchev–Trinajstić information content (AvgIpc) is 3.40. The number of anilines is 1. The van der Waals surface area contributed by atoms with Crippen molar-refractivity contribution in [2.24, 2.45) is 0 Å². The third-order valence-electron chi connectivity index (χ3n) is 5.72. The smallest absolute Gasteiger partial charge is 0.251 e. The van der Waals surface area contributed by atoms with Gasteiger partial charge in [-0.25, -0.2) is 14.6 Å². The van der Waals surface area contributed by atoms with Crippen LogP contribution in [-0.2, 0) is 16.0 Å². The van der Waals surface area contributed by atoms with Gasteiger partial charge >= 0.3 is 0 Å². The maximum Gasteiger partial charge on any atom is 0.251 e. The Morgan fingerprint density at radius 1 is 1.15 bits per heavy atom. The van der Waals surface area contributed by atoms with E-state index in [-0.39, 0.29) is 18.2 Å². The molecule has 0 spiro atoms. The number of hydrogen-bond acceptors (Lipinski definition) is 7. The molecule has 1 aromatic carbocycles. The molecule has 34 heavy (non-hydrogen) atoms. The Balaban J connectivity index is 1.50. The summed E-state index contributed by atoms with van der Waals surface area (Å²) < 4.78 is 1.67. The molecule has 1 N–H and O–H groups in total. The highest BCUT2D eigenvalue weighted by Gasteiger charge is 2.35. The maximum absolute atomic E-state index is 13.3. The normalized spacial score (nSPS) is 15.3. The number of hydrogen-bond donors (Lipinski definition) is 1. The molecule has 1 unspecified atom stereocenters. The summed E-state index contributed by atoms with van der Waals surface area (Å²) >= 11 is 1.55. The van der Waals surface area contributed by atoms with E-state index in [0.717, 1.165) is 28.3 Å². The van der Waals surface area contributed by atoms with Crippen LogP contribution < -0.4 is 5.32 Å². The largest absolute Gasteiger partial charge is 0.324 e. The molecule has 3 aromatic rings. The Morgan fingerprint density at radius 2 is 1.82 bits per heavy atom. The molecule has 9 nitrogen and oxygen atoms in total. The van der Waals surface area contributed by atoms with Crippen LogP contribution in [0.25, 0.3) is 5.95 Å². The van der Waals surface area contributed by atoms with Crippen molar-refractivity contribution in [3.63, 3.8) is 0 Å². The number of amides is 2. The van der Waals surface area contributed by atoms with Crippen LogP contribution in [0.5, 0.6) is 0 Å². The molecule has 2 amide bonds. The fourth-order valence-electron chi connectivity index (χ4n) is 3.94. The molecular weight excluding hydrogens is 450 g/mol. The second-order valence-electron chi connectivity index (χ2n) is 8.25. The minimum Gasteiger partial charge on any atom is -0.324 e. The molecule has 1 fully saturated rings. The Kier molecular flexibility index (Phi) is 6.65. The van der Waals surface area contributed by atoms with Gasteiger partial charge in [-0.3, -0.25) is 9.59 Å². The highest BCUT2D eigenvalue weighted by molar-refractivity contribution is 7.99. The van der Waals surface area contributed by atoms with E-state index < -0.39 is 6.04 Å². The van der Waals surface area contributed by atoms with Gasteiger partial charge in [0, 0.05) is 34.1 Å². The number of nitrogens with one attached hydrogen (secondary N) is 1. The van der Waals surface area contributed by atoms with E-state index in [2.05, 4.69) is 26.5 Å². The maximum atomic E-state index is 13.3. The molecule has 0 saturated carbocycles. The first-order valence-electron chi connectivity index (χ1n) is 10.8. The lowest BCUT2D eigenvalue weighted by Crippen LogP contribution is -2.45. The summed E-state index contributed by atoms with van der Waals surface area (Å²) in [5, 5.41) is 16.4. The van der Waals surface area contributed by atoms with Gasteiger partial charge in [0.2, 0.25) is 11.8 Å². The van der Waals surface area contributed by atoms with E-state index in [1.807, 2.05) is 33.8 Å². The van der Waals surface area contributed by atoms with E-state index in [1.165, 1.54) is 0 Å². The van der Waals surface area contributed by atoms with Crippen LogP contribution in [-0.4, -0.2) is 54.1 Å². The number of aryl methyl sites for hydroxylation is 3. The lowest BCUT2D eigenvalue weighted by Gasteiger charge is -2.23. The fourth-order valence-corrected chi connectivity index (χ4v) is 5.12. The number of carbonyl (C=O) groups excluding carboxylic acids is 2. The van der Waals surface area contributed by atoms with Crippen molar-refractivity contribution in [3.8, 4) is 12.0 Å². The van der Waals surface area contributed by atoms with Crippen LogP contribution >= 0.6 is 11.8 Å². The zero-order chi connectivity index (χ0) is 24.4. The first-order valence-corrected chi connectivity index (χ1v) is 12.0. The Hall–Kier alpha value is -3.71. The molecule has 4 rings (SSSR count). The zero-order valence-electron chi connectivity index (χ0n) is 19.5. The van der Waals surface area contributed by atoms with Crippen molar-refractivity contribution >= 4 is 29.3 Å². The average molecular weight is 476 g/mol. The van der Waals surface area contributed by atoms with Gasteiger partial charge in [-0.15, -0.1) is 11.8 Å². The predicted octanol–water partition coefficient (Wildman–Crippen LogP) is 2.85. The van der Waals surface area contributed by atoms with Crippen LogP contribution in [0.1, 0.15) is 33.9 Å². The first-order chi connectivity index (χ1) is 16.3. The summed E-state index contributed by atoms with van der Waals surface area (Å²) in [6, 6.07) is 10.0. The highest BCUT2D eigenvalue weighted by Crippen LogP contribution is 2.25. The van der Waals surface area contributed by atoms with Gasteiger partial charge in [-0.2, -0.15) is 10.4 Å². The molecule has 2 aromatic heterocycles. The highest BCUT2D eigenvalue weighted by atomic mass is 32.2. The lowest BCUT2D eigenvalue weighted by molar-refractivity contribution is -0.135. The van der Waals surface area contributed by atoms with E-state index in [0.29, 0.717) is 28.8 Å². The molecule has 1 saturated heterocycles. The van der Waals surface area contributed by atoms with Crippen molar-refractivity contribution in [1.29, 1.82) is 5.26 Å². The zero-order valence-corrected chi connectivity index (χ0v) is 20.3. The molecule has 174 valence electrons. The van der Waals surface area contributed by atoms with E-state index >= 15 is 0 Å². The van der Waals surface area contributed by atoms with Gasteiger partial charge < -0.3 is 10.2 Å². The topological polar surface area (TPSA) is 117 Å². The van der Waals surface area contributed by atoms with Crippen LogP contribution in [0.3, 0.4) is 0 Å². The summed E-state index contributed by atoms with van der Waals surface area (Å²) in [4.78, 5) is 36.7. The van der Waals surface area contributed by atoms with E-state index in [4.69, 9.17) is 5.26 Å². The second-order valence-corrected chi connectivity index (χ2v) is 9.25. The standard InChI is InChI=1S/C24H25N7O2S/c1-14-9-15(2)27-24(26-14)31-17(4)20(16(3)29-31)10-22(32)30-13-34-12-21(30)23(33)28-19-7-5-18(11-25)6-8-19/h5-9,21H,10,12-13H2,1-4H3,(H,28,33). The Bertz CT molecular complexity index is 1270. The van der Waals surface area contributed by atoms with E-state index in [1.54, 1.807) is 45.6 Å². The van der Waals surface area contributed by atoms with Crippen LogP contribution in [0, 0.1) is 39.0 Å². The summed E-state index contributed by atoms with van der Waals surface area (Å²) in [6.07, 6.45) is 0.143. The van der Waals surface area contributed by atoms with Crippen molar-refractivity contribution in [2.75, 3.05) is 16.9 Å². The quantitative estimate of drug-likeness (QED) is 0.603. The predicted molar refractivity (Wildman–Crippen MR) is 130 cm³/mol. The molecular formula is C24H25N7O2S. The number of benzene rings is 1. The van der Waals surface area contributed by atoms with Gasteiger partial charge in [-0.1, -0.05) is 0 Å². The molecule has 0 bridgehead atoms. The van der Waals surface area contributed by atoms with Crippen LogP contribution in [0.4, 0.5) is 5.69 Å². The molecule has 1 aliphatic heterocycles.